The lowest BCUT2D eigenvalue weighted by Gasteiger charge is -2.16. The summed E-state index contributed by atoms with van der Waals surface area (Å²) in [5, 5.41) is 8.72. The molecule has 1 amide bonds. The van der Waals surface area contributed by atoms with Gasteiger partial charge in [-0.05, 0) is 44.2 Å². The number of amides is 1. The van der Waals surface area contributed by atoms with Crippen LogP contribution in [-0.4, -0.2) is 40.0 Å². The van der Waals surface area contributed by atoms with Crippen LogP contribution >= 0.6 is 0 Å². The molecule has 1 heterocycles. The third kappa shape index (κ3) is 3.59. The van der Waals surface area contributed by atoms with Crippen molar-refractivity contribution in [1.82, 2.24) is 9.47 Å². The molecule has 0 saturated heterocycles. The molecule has 0 fully saturated rings. The number of carboxylic acid groups (broad SMARTS) is 1. The van der Waals surface area contributed by atoms with Gasteiger partial charge in [-0.15, -0.1) is 0 Å². The van der Waals surface area contributed by atoms with E-state index in [4.69, 9.17) is 5.11 Å². The van der Waals surface area contributed by atoms with Crippen LogP contribution in [0.5, 0.6) is 0 Å². The smallest absolute Gasteiger partial charge is 0.305 e. The van der Waals surface area contributed by atoms with Gasteiger partial charge in [0.15, 0.2) is 0 Å². The monoisotopic (exact) mass is 318 g/mol. The van der Waals surface area contributed by atoms with Crippen LogP contribution in [0.1, 0.15) is 28.2 Å². The Morgan fingerprint density at radius 3 is 2.39 bits per heavy atom. The Hall–Kier alpha value is -2.63. The number of hydrogen-bond donors (Lipinski definition) is 1. The predicted octanol–water partition coefficient (Wildman–Crippen LogP) is 2.78. The lowest BCUT2D eigenvalue weighted by molar-refractivity contribution is -0.137. The first-order chi connectivity index (χ1) is 10.8. The van der Waals surface area contributed by atoms with Crippen molar-refractivity contribution in [3.05, 3.63) is 53.1 Å². The summed E-state index contributed by atoms with van der Waals surface area (Å²) in [6.07, 6.45) is -0.0983. The molecule has 0 saturated carbocycles. The van der Waals surface area contributed by atoms with Gasteiger partial charge in [0, 0.05) is 30.7 Å². The lowest BCUT2D eigenvalue weighted by Crippen LogP contribution is -2.29. The fourth-order valence-electron chi connectivity index (χ4n) is 2.54. The summed E-state index contributed by atoms with van der Waals surface area (Å²) in [4.78, 5) is 24.5. The summed E-state index contributed by atoms with van der Waals surface area (Å²) >= 11 is 0. The van der Waals surface area contributed by atoms with Gasteiger partial charge in [0.1, 0.15) is 5.82 Å². The third-order valence-corrected chi connectivity index (χ3v) is 3.75. The zero-order valence-electron chi connectivity index (χ0n) is 13.3. The van der Waals surface area contributed by atoms with Crippen LogP contribution in [0.3, 0.4) is 0 Å². The SMILES string of the molecule is Cc1cc(C(=O)N(C)CCC(=O)O)c(C)n1-c1ccc(F)cc1. The molecule has 0 aliphatic rings. The zero-order chi connectivity index (χ0) is 17.1. The van der Waals surface area contributed by atoms with Crippen molar-refractivity contribution < 1.29 is 19.1 Å². The molecular weight excluding hydrogens is 299 g/mol. The number of aromatic nitrogens is 1. The van der Waals surface area contributed by atoms with Crippen molar-refractivity contribution >= 4 is 11.9 Å². The summed E-state index contributed by atoms with van der Waals surface area (Å²) in [6, 6.07) is 7.80. The maximum Gasteiger partial charge on any atom is 0.305 e. The van der Waals surface area contributed by atoms with Crippen LogP contribution < -0.4 is 0 Å². The fraction of sp³-hybridized carbons (Fsp3) is 0.294. The Bertz CT molecular complexity index is 735. The molecule has 1 N–H and O–H groups in total. The van der Waals surface area contributed by atoms with Crippen LogP contribution in [0.4, 0.5) is 4.39 Å². The van der Waals surface area contributed by atoms with Crippen LogP contribution in [0.2, 0.25) is 0 Å². The zero-order valence-corrected chi connectivity index (χ0v) is 13.3. The number of benzene rings is 1. The van der Waals surface area contributed by atoms with Crippen molar-refractivity contribution in [3.63, 3.8) is 0 Å². The molecule has 1 aromatic carbocycles. The standard InChI is InChI=1S/C17H19FN2O3/c1-11-10-15(17(23)19(3)9-8-16(21)22)12(2)20(11)14-6-4-13(18)5-7-14/h4-7,10H,8-9H2,1-3H3,(H,21,22). The van der Waals surface area contributed by atoms with Crippen LogP contribution in [-0.2, 0) is 4.79 Å². The number of nitrogens with zero attached hydrogens (tertiary/aromatic N) is 2. The van der Waals surface area contributed by atoms with E-state index in [0.717, 1.165) is 17.1 Å². The van der Waals surface area contributed by atoms with Gasteiger partial charge in [0.25, 0.3) is 5.91 Å². The highest BCUT2D eigenvalue weighted by Gasteiger charge is 2.20. The first-order valence-corrected chi connectivity index (χ1v) is 7.23. The quantitative estimate of drug-likeness (QED) is 0.922. The maximum absolute atomic E-state index is 13.1. The summed E-state index contributed by atoms with van der Waals surface area (Å²) in [6.45, 7) is 3.83. The highest BCUT2D eigenvalue weighted by molar-refractivity contribution is 5.96. The van der Waals surface area contributed by atoms with E-state index < -0.39 is 5.97 Å². The lowest BCUT2D eigenvalue weighted by atomic mass is 10.2. The van der Waals surface area contributed by atoms with Gasteiger partial charge in [-0.3, -0.25) is 9.59 Å². The third-order valence-electron chi connectivity index (χ3n) is 3.75. The Morgan fingerprint density at radius 1 is 1.22 bits per heavy atom. The van der Waals surface area contributed by atoms with Crippen LogP contribution in [0.15, 0.2) is 30.3 Å². The molecule has 122 valence electrons. The van der Waals surface area contributed by atoms with E-state index in [1.54, 1.807) is 25.2 Å². The Balaban J connectivity index is 2.31. The fourth-order valence-corrected chi connectivity index (χ4v) is 2.54. The number of halogens is 1. The molecule has 2 aromatic rings. The molecule has 0 aliphatic heterocycles. The summed E-state index contributed by atoms with van der Waals surface area (Å²) < 4.78 is 14.9. The molecule has 2 rings (SSSR count). The number of carbonyl (C=O) groups excluding carboxylic acids is 1. The molecule has 0 bridgehead atoms. The minimum absolute atomic E-state index is 0.0983. The summed E-state index contributed by atoms with van der Waals surface area (Å²) in [7, 11) is 1.58. The van der Waals surface area contributed by atoms with E-state index >= 15 is 0 Å². The van der Waals surface area contributed by atoms with Crippen molar-refractivity contribution in [3.8, 4) is 5.69 Å². The van der Waals surface area contributed by atoms with E-state index in [2.05, 4.69) is 0 Å². The van der Waals surface area contributed by atoms with E-state index in [1.807, 2.05) is 18.4 Å². The first kappa shape index (κ1) is 16.7. The molecule has 1 aromatic heterocycles. The number of hydrogen-bond acceptors (Lipinski definition) is 2. The highest BCUT2D eigenvalue weighted by atomic mass is 19.1. The number of aryl methyl sites for hydroxylation is 1. The van der Waals surface area contributed by atoms with E-state index in [9.17, 15) is 14.0 Å². The minimum Gasteiger partial charge on any atom is -0.481 e. The average Bonchev–Trinajstić information content (AvgIpc) is 2.80. The Kier molecular flexibility index (Phi) is 4.83. The largest absolute Gasteiger partial charge is 0.481 e. The Morgan fingerprint density at radius 2 is 1.83 bits per heavy atom. The van der Waals surface area contributed by atoms with E-state index in [0.29, 0.717) is 5.56 Å². The molecule has 0 spiro atoms. The predicted molar refractivity (Wildman–Crippen MR) is 84.4 cm³/mol. The van der Waals surface area contributed by atoms with Crippen LogP contribution in [0.25, 0.3) is 5.69 Å². The molecule has 0 radical (unpaired) electrons. The molecule has 0 unspecified atom stereocenters. The summed E-state index contributed by atoms with van der Waals surface area (Å²) in [5.41, 5.74) is 2.87. The molecule has 23 heavy (non-hydrogen) atoms. The van der Waals surface area contributed by atoms with Gasteiger partial charge in [-0.25, -0.2) is 4.39 Å². The van der Waals surface area contributed by atoms with Crippen molar-refractivity contribution in [2.24, 2.45) is 0 Å². The summed E-state index contributed by atoms with van der Waals surface area (Å²) in [5.74, 6) is -1.49. The maximum atomic E-state index is 13.1. The van der Waals surface area contributed by atoms with E-state index in [1.165, 1.54) is 17.0 Å². The van der Waals surface area contributed by atoms with Gasteiger partial charge in [0.2, 0.25) is 0 Å². The molecule has 0 aliphatic carbocycles. The highest BCUT2D eigenvalue weighted by Crippen LogP contribution is 2.22. The second-order valence-corrected chi connectivity index (χ2v) is 5.47. The van der Waals surface area contributed by atoms with Gasteiger partial charge in [-0.1, -0.05) is 0 Å². The van der Waals surface area contributed by atoms with Gasteiger partial charge < -0.3 is 14.6 Å². The molecule has 6 heteroatoms. The first-order valence-electron chi connectivity index (χ1n) is 7.23. The van der Waals surface area contributed by atoms with Crippen LogP contribution in [0, 0.1) is 19.7 Å². The number of carbonyl (C=O) groups is 2. The van der Waals surface area contributed by atoms with Gasteiger partial charge >= 0.3 is 5.97 Å². The molecular formula is C17H19FN2O3. The topological polar surface area (TPSA) is 62.5 Å². The normalized spacial score (nSPS) is 10.6. The van der Waals surface area contributed by atoms with Crippen molar-refractivity contribution in [1.29, 1.82) is 0 Å². The Labute approximate surface area is 134 Å². The van der Waals surface area contributed by atoms with Crippen molar-refractivity contribution in [2.45, 2.75) is 20.3 Å². The molecule has 0 atom stereocenters. The second-order valence-electron chi connectivity index (χ2n) is 5.47. The van der Waals surface area contributed by atoms with E-state index in [-0.39, 0.29) is 24.7 Å². The average molecular weight is 318 g/mol. The number of carboxylic acids is 1. The number of aliphatic carboxylic acids is 1. The van der Waals surface area contributed by atoms with Crippen molar-refractivity contribution in [2.75, 3.05) is 13.6 Å². The molecule has 5 nitrogen and oxygen atoms in total. The second kappa shape index (κ2) is 6.64. The minimum atomic E-state index is -0.943. The van der Waals surface area contributed by atoms with Gasteiger partial charge in [0.05, 0.1) is 12.0 Å². The number of rotatable bonds is 5. The van der Waals surface area contributed by atoms with Gasteiger partial charge in [-0.2, -0.15) is 0 Å².